The molecule has 188 valence electrons. The molecule has 2 aromatic rings. The van der Waals surface area contributed by atoms with E-state index < -0.39 is 0 Å². The molecule has 3 nitrogen and oxygen atoms in total. The number of ether oxygens (including phenoxy) is 1. The zero-order chi connectivity index (χ0) is 26.3. The molecule has 1 atom stereocenters. The maximum Gasteiger partial charge on any atom is 0.155 e. The summed E-state index contributed by atoms with van der Waals surface area (Å²) in [5, 5.41) is 0. The molecule has 1 unspecified atom stereocenters. The Bertz CT molecular complexity index is 916. The first-order chi connectivity index (χ1) is 16.2. The standard InChI is InChI=1S/C26H32FNO2.2C2H6/c1-7-28(16-20(4)21(5)22(6)29)15-18(2)17-30-25-12-9-23(10-13-25)26-14-24(27)11-8-19(26)3;2*1-2/h7-14,18H,1,15-17H2,2-6H3;2*1-2H3/b21-20+;;. The molecule has 0 aromatic heterocycles. The molecular weight excluding hydrogens is 425 g/mol. The van der Waals surface area contributed by atoms with Gasteiger partial charge in [-0.25, -0.2) is 4.39 Å². The molecule has 2 rings (SSSR count). The number of allylic oxidation sites excluding steroid dienone is 1. The van der Waals surface area contributed by atoms with E-state index in [2.05, 4.69) is 18.4 Å². The van der Waals surface area contributed by atoms with Crippen LogP contribution in [0.1, 0.15) is 61.0 Å². The van der Waals surface area contributed by atoms with Gasteiger partial charge in [0.05, 0.1) is 6.61 Å². The SMILES string of the molecule is C=CN(C/C(C)=C(\C)C(C)=O)CC(C)COc1ccc(-c2cc(F)ccc2C)cc1.CC.CC. The van der Waals surface area contributed by atoms with Crippen molar-refractivity contribution in [1.82, 2.24) is 4.90 Å². The monoisotopic (exact) mass is 469 g/mol. The lowest BCUT2D eigenvalue weighted by Gasteiger charge is -2.25. The lowest BCUT2D eigenvalue weighted by Crippen LogP contribution is -2.28. The Hall–Kier alpha value is -2.88. The number of hydrogen-bond donors (Lipinski definition) is 0. The summed E-state index contributed by atoms with van der Waals surface area (Å²) in [5.41, 5.74) is 4.75. The molecule has 0 amide bonds. The number of hydrogen-bond acceptors (Lipinski definition) is 3. The first kappa shape index (κ1) is 31.1. The summed E-state index contributed by atoms with van der Waals surface area (Å²) in [4.78, 5) is 13.6. The number of benzene rings is 2. The van der Waals surface area contributed by atoms with Gasteiger partial charge in [-0.15, -0.1) is 0 Å². The summed E-state index contributed by atoms with van der Waals surface area (Å²) in [6.07, 6.45) is 1.81. The molecule has 0 bridgehead atoms. The van der Waals surface area contributed by atoms with Crippen molar-refractivity contribution in [3.05, 3.63) is 77.8 Å². The van der Waals surface area contributed by atoms with Crippen LogP contribution in [0.2, 0.25) is 0 Å². The van der Waals surface area contributed by atoms with Crippen LogP contribution in [0.4, 0.5) is 4.39 Å². The van der Waals surface area contributed by atoms with Gasteiger partial charge in [-0.1, -0.05) is 59.4 Å². The molecule has 4 heteroatoms. The summed E-state index contributed by atoms with van der Waals surface area (Å²) < 4.78 is 19.5. The van der Waals surface area contributed by atoms with Crippen LogP contribution in [0.25, 0.3) is 11.1 Å². The van der Waals surface area contributed by atoms with E-state index in [1.807, 2.05) is 78.9 Å². The fourth-order valence-corrected chi connectivity index (χ4v) is 3.25. The van der Waals surface area contributed by atoms with E-state index in [0.29, 0.717) is 13.2 Å². The fraction of sp³-hybridized carbons (Fsp3) is 0.433. The summed E-state index contributed by atoms with van der Waals surface area (Å²) >= 11 is 0. The molecule has 0 fully saturated rings. The number of aryl methyl sites for hydroxylation is 1. The third-order valence-electron chi connectivity index (χ3n) is 5.31. The topological polar surface area (TPSA) is 29.5 Å². The average molecular weight is 470 g/mol. The third-order valence-corrected chi connectivity index (χ3v) is 5.31. The van der Waals surface area contributed by atoms with Crippen molar-refractivity contribution in [3.63, 3.8) is 0 Å². The predicted molar refractivity (Wildman–Crippen MR) is 145 cm³/mol. The average Bonchev–Trinajstić information content (AvgIpc) is 2.86. The first-order valence-corrected chi connectivity index (χ1v) is 12.2. The number of carbonyl (C=O) groups is 1. The molecule has 0 spiro atoms. The third kappa shape index (κ3) is 10.4. The molecular formula is C30H44FNO2. The highest BCUT2D eigenvalue weighted by molar-refractivity contribution is 5.93. The second-order valence-electron chi connectivity index (χ2n) is 7.97. The Morgan fingerprint density at radius 2 is 1.65 bits per heavy atom. The Kier molecular flexibility index (Phi) is 15.3. The van der Waals surface area contributed by atoms with Gasteiger partial charge >= 0.3 is 0 Å². The van der Waals surface area contributed by atoms with Crippen LogP contribution < -0.4 is 4.74 Å². The van der Waals surface area contributed by atoms with Crippen molar-refractivity contribution in [1.29, 1.82) is 0 Å². The Morgan fingerprint density at radius 3 is 2.18 bits per heavy atom. The molecule has 0 aliphatic rings. The van der Waals surface area contributed by atoms with E-state index in [4.69, 9.17) is 4.74 Å². The number of nitrogens with zero attached hydrogens (tertiary/aromatic N) is 1. The Balaban J connectivity index is 0.00000258. The highest BCUT2D eigenvalue weighted by Crippen LogP contribution is 2.26. The molecule has 0 aliphatic heterocycles. The van der Waals surface area contributed by atoms with Gasteiger partial charge in [-0.3, -0.25) is 4.79 Å². The maximum absolute atomic E-state index is 13.6. The zero-order valence-corrected chi connectivity index (χ0v) is 22.7. The summed E-state index contributed by atoms with van der Waals surface area (Å²) in [5.74, 6) is 0.928. The fourth-order valence-electron chi connectivity index (χ4n) is 3.25. The molecule has 0 saturated carbocycles. The minimum Gasteiger partial charge on any atom is -0.493 e. The van der Waals surface area contributed by atoms with Crippen molar-refractivity contribution in [3.8, 4) is 16.9 Å². The van der Waals surface area contributed by atoms with Crippen molar-refractivity contribution < 1.29 is 13.9 Å². The Labute approximate surface area is 207 Å². The minimum absolute atomic E-state index is 0.102. The van der Waals surface area contributed by atoms with Gasteiger partial charge in [-0.2, -0.15) is 0 Å². The van der Waals surface area contributed by atoms with Crippen molar-refractivity contribution in [2.45, 2.75) is 62.3 Å². The lowest BCUT2D eigenvalue weighted by molar-refractivity contribution is -0.113. The highest BCUT2D eigenvalue weighted by Gasteiger charge is 2.11. The smallest absolute Gasteiger partial charge is 0.155 e. The van der Waals surface area contributed by atoms with E-state index >= 15 is 0 Å². The molecule has 0 heterocycles. The van der Waals surface area contributed by atoms with Gasteiger partial charge in [0.15, 0.2) is 5.78 Å². The van der Waals surface area contributed by atoms with Gasteiger partial charge in [-0.05, 0) is 86.0 Å². The zero-order valence-electron chi connectivity index (χ0n) is 22.7. The first-order valence-electron chi connectivity index (χ1n) is 12.2. The minimum atomic E-state index is -0.236. The van der Waals surface area contributed by atoms with Crippen LogP contribution in [0.5, 0.6) is 5.75 Å². The summed E-state index contributed by atoms with van der Waals surface area (Å²) in [7, 11) is 0. The maximum atomic E-state index is 13.6. The van der Waals surface area contributed by atoms with E-state index in [0.717, 1.165) is 40.1 Å². The molecule has 0 saturated heterocycles. The van der Waals surface area contributed by atoms with Crippen molar-refractivity contribution >= 4 is 5.78 Å². The summed E-state index contributed by atoms with van der Waals surface area (Å²) in [6, 6.07) is 12.6. The lowest BCUT2D eigenvalue weighted by atomic mass is 10.0. The molecule has 0 aliphatic carbocycles. The number of Topliss-reactive ketones (excluding diaryl/α,β-unsaturated/α-hetero) is 1. The van der Waals surface area contributed by atoms with Gasteiger partial charge < -0.3 is 9.64 Å². The van der Waals surface area contributed by atoms with Crippen LogP contribution in [-0.2, 0) is 4.79 Å². The molecule has 2 aromatic carbocycles. The van der Waals surface area contributed by atoms with Crippen molar-refractivity contribution in [2.75, 3.05) is 19.7 Å². The highest BCUT2D eigenvalue weighted by atomic mass is 19.1. The van der Waals surface area contributed by atoms with Crippen LogP contribution in [-0.4, -0.2) is 30.4 Å². The normalized spacial score (nSPS) is 11.6. The second kappa shape index (κ2) is 16.7. The van der Waals surface area contributed by atoms with Crippen LogP contribution in [0.15, 0.2) is 66.4 Å². The van der Waals surface area contributed by atoms with Crippen LogP contribution >= 0.6 is 0 Å². The quantitative estimate of drug-likeness (QED) is 0.328. The number of rotatable bonds is 10. The van der Waals surface area contributed by atoms with Gasteiger partial charge in [0.1, 0.15) is 11.6 Å². The van der Waals surface area contributed by atoms with Gasteiger partial charge in [0.2, 0.25) is 0 Å². The largest absolute Gasteiger partial charge is 0.493 e. The predicted octanol–water partition coefficient (Wildman–Crippen LogP) is 8.24. The molecule has 0 N–H and O–H groups in total. The van der Waals surface area contributed by atoms with E-state index in [1.54, 1.807) is 19.1 Å². The Morgan fingerprint density at radius 1 is 1.06 bits per heavy atom. The van der Waals surface area contributed by atoms with Crippen LogP contribution in [0, 0.1) is 18.7 Å². The molecule has 34 heavy (non-hydrogen) atoms. The number of carbonyl (C=O) groups excluding carboxylic acids is 1. The van der Waals surface area contributed by atoms with E-state index in [1.165, 1.54) is 6.07 Å². The van der Waals surface area contributed by atoms with E-state index in [9.17, 15) is 9.18 Å². The number of ketones is 1. The van der Waals surface area contributed by atoms with E-state index in [-0.39, 0.29) is 17.5 Å². The van der Waals surface area contributed by atoms with Gasteiger partial charge in [0.25, 0.3) is 0 Å². The van der Waals surface area contributed by atoms with Gasteiger partial charge in [0, 0.05) is 19.0 Å². The second-order valence-corrected chi connectivity index (χ2v) is 7.97. The van der Waals surface area contributed by atoms with Crippen molar-refractivity contribution in [2.24, 2.45) is 5.92 Å². The molecule has 0 radical (unpaired) electrons. The van der Waals surface area contributed by atoms with Crippen LogP contribution in [0.3, 0.4) is 0 Å². The summed E-state index contributed by atoms with van der Waals surface area (Å²) in [6.45, 7) is 23.5. The number of halogens is 1.